The van der Waals surface area contributed by atoms with E-state index in [1.165, 1.54) is 5.56 Å². The molecule has 0 saturated carbocycles. The van der Waals surface area contributed by atoms with Gasteiger partial charge in [0.05, 0.1) is 24.2 Å². The van der Waals surface area contributed by atoms with Crippen molar-refractivity contribution in [2.45, 2.75) is 31.7 Å². The van der Waals surface area contributed by atoms with Gasteiger partial charge in [0.2, 0.25) is 5.88 Å². The van der Waals surface area contributed by atoms with Crippen LogP contribution in [0.4, 0.5) is 0 Å². The summed E-state index contributed by atoms with van der Waals surface area (Å²) in [6.45, 7) is 2.93. The fourth-order valence-corrected chi connectivity index (χ4v) is 3.96. The van der Waals surface area contributed by atoms with E-state index in [2.05, 4.69) is 20.9 Å². The van der Waals surface area contributed by atoms with Crippen LogP contribution in [0, 0.1) is 0 Å². The van der Waals surface area contributed by atoms with Crippen molar-refractivity contribution in [3.63, 3.8) is 0 Å². The van der Waals surface area contributed by atoms with Crippen LogP contribution in [-0.4, -0.2) is 46.1 Å². The predicted octanol–water partition coefficient (Wildman–Crippen LogP) is 2.55. The zero-order chi connectivity index (χ0) is 16.9. The Labute approximate surface area is 145 Å². The Bertz CT molecular complexity index is 679. The molecule has 24 heavy (non-hydrogen) atoms. The molecule has 1 fully saturated rings. The Morgan fingerprint density at radius 3 is 2.83 bits per heavy atom. The van der Waals surface area contributed by atoms with Gasteiger partial charge in [-0.3, -0.25) is 9.69 Å². The maximum atomic E-state index is 10.8. The van der Waals surface area contributed by atoms with E-state index >= 15 is 0 Å². The number of rotatable bonds is 6. The quantitative estimate of drug-likeness (QED) is 0.865. The Hall–Kier alpha value is -1.99. The number of hydrogen-bond donors (Lipinski definition) is 1. The molecule has 3 rings (SSSR count). The molecule has 1 N–H and O–H groups in total. The summed E-state index contributed by atoms with van der Waals surface area (Å²) in [6, 6.07) is 3.94. The zero-order valence-electron chi connectivity index (χ0n) is 13.6. The average molecular weight is 347 g/mol. The number of thiazole rings is 1. The summed E-state index contributed by atoms with van der Waals surface area (Å²) in [4.78, 5) is 21.9. The summed E-state index contributed by atoms with van der Waals surface area (Å²) in [5.74, 6) is 0.260. The molecule has 2 aromatic rings. The van der Waals surface area contributed by atoms with Crippen molar-refractivity contribution in [1.29, 1.82) is 0 Å². The monoisotopic (exact) mass is 347 g/mol. The largest absolute Gasteiger partial charge is 0.481 e. The number of aromatic nitrogens is 2. The van der Waals surface area contributed by atoms with Crippen molar-refractivity contribution in [1.82, 2.24) is 14.9 Å². The Kier molecular flexibility index (Phi) is 5.42. The van der Waals surface area contributed by atoms with Crippen LogP contribution in [-0.2, 0) is 17.8 Å². The molecule has 6 nitrogen and oxygen atoms in total. The lowest BCUT2D eigenvalue weighted by Crippen LogP contribution is -2.32. The van der Waals surface area contributed by atoms with E-state index in [0.29, 0.717) is 17.5 Å². The third-order valence-corrected chi connectivity index (χ3v) is 5.31. The number of carboxylic acids is 1. The van der Waals surface area contributed by atoms with Gasteiger partial charge in [0.1, 0.15) is 0 Å². The zero-order valence-corrected chi connectivity index (χ0v) is 14.5. The van der Waals surface area contributed by atoms with Gasteiger partial charge >= 0.3 is 5.97 Å². The number of methoxy groups -OCH3 is 1. The number of nitrogens with zero attached hydrogens (tertiary/aromatic N) is 3. The lowest BCUT2D eigenvalue weighted by molar-refractivity contribution is -0.136. The first-order valence-electron chi connectivity index (χ1n) is 8.01. The summed E-state index contributed by atoms with van der Waals surface area (Å²) >= 11 is 1.59. The molecule has 1 aliphatic heterocycles. The molecule has 1 saturated heterocycles. The molecule has 128 valence electrons. The van der Waals surface area contributed by atoms with Gasteiger partial charge in [-0.1, -0.05) is 6.07 Å². The summed E-state index contributed by atoms with van der Waals surface area (Å²) in [7, 11) is 1.62. The molecular formula is C17H21N3O3S. The fourth-order valence-electron chi connectivity index (χ4n) is 2.97. The molecule has 0 bridgehead atoms. The SMILES string of the molecule is COc1ccc(CN2CCC(c3nc(CC(=O)O)cs3)CC2)cn1. The topological polar surface area (TPSA) is 75.5 Å². The van der Waals surface area contributed by atoms with E-state index < -0.39 is 5.97 Å². The maximum absolute atomic E-state index is 10.8. The maximum Gasteiger partial charge on any atom is 0.309 e. The number of hydrogen-bond acceptors (Lipinski definition) is 6. The number of piperidine rings is 1. The molecule has 0 spiro atoms. The molecule has 2 aromatic heterocycles. The number of likely N-dealkylation sites (tertiary alicyclic amines) is 1. The van der Waals surface area contributed by atoms with Crippen LogP contribution in [0.2, 0.25) is 0 Å². The highest BCUT2D eigenvalue weighted by atomic mass is 32.1. The summed E-state index contributed by atoms with van der Waals surface area (Å²) in [5.41, 5.74) is 1.86. The highest BCUT2D eigenvalue weighted by molar-refractivity contribution is 7.09. The highest BCUT2D eigenvalue weighted by Crippen LogP contribution is 2.31. The lowest BCUT2D eigenvalue weighted by Gasteiger charge is -2.31. The highest BCUT2D eigenvalue weighted by Gasteiger charge is 2.23. The smallest absolute Gasteiger partial charge is 0.309 e. The minimum atomic E-state index is -0.824. The Morgan fingerprint density at radius 1 is 1.42 bits per heavy atom. The Morgan fingerprint density at radius 2 is 2.21 bits per heavy atom. The van der Waals surface area contributed by atoms with Crippen molar-refractivity contribution in [2.75, 3.05) is 20.2 Å². The van der Waals surface area contributed by atoms with Crippen molar-refractivity contribution >= 4 is 17.3 Å². The number of pyridine rings is 1. The van der Waals surface area contributed by atoms with Gasteiger partial charge in [0, 0.05) is 30.1 Å². The summed E-state index contributed by atoms with van der Waals surface area (Å²) < 4.78 is 5.08. The van der Waals surface area contributed by atoms with Crippen LogP contribution in [0.15, 0.2) is 23.7 Å². The van der Waals surface area contributed by atoms with Crippen LogP contribution >= 0.6 is 11.3 Å². The summed E-state index contributed by atoms with van der Waals surface area (Å²) in [5, 5.41) is 11.8. The molecule has 3 heterocycles. The molecule has 0 aliphatic carbocycles. The van der Waals surface area contributed by atoms with Gasteiger partial charge in [-0.25, -0.2) is 9.97 Å². The molecule has 7 heteroatoms. The van der Waals surface area contributed by atoms with E-state index in [1.54, 1.807) is 18.4 Å². The molecular weight excluding hydrogens is 326 g/mol. The van der Waals surface area contributed by atoms with E-state index in [9.17, 15) is 4.79 Å². The number of carbonyl (C=O) groups is 1. The van der Waals surface area contributed by atoms with Gasteiger partial charge in [-0.05, 0) is 31.5 Å². The third kappa shape index (κ3) is 4.30. The number of ether oxygens (including phenoxy) is 1. The molecule has 1 aliphatic rings. The average Bonchev–Trinajstić information content (AvgIpc) is 3.04. The minimum absolute atomic E-state index is 0.0137. The van der Waals surface area contributed by atoms with Gasteiger partial charge in [0.25, 0.3) is 0 Å². The van der Waals surface area contributed by atoms with Crippen LogP contribution < -0.4 is 4.74 Å². The van der Waals surface area contributed by atoms with Gasteiger partial charge in [-0.15, -0.1) is 11.3 Å². The second-order valence-electron chi connectivity index (χ2n) is 6.01. The normalized spacial score (nSPS) is 16.2. The van der Waals surface area contributed by atoms with Crippen LogP contribution in [0.5, 0.6) is 5.88 Å². The molecule has 0 aromatic carbocycles. The first-order valence-corrected chi connectivity index (χ1v) is 8.89. The van der Waals surface area contributed by atoms with E-state index in [-0.39, 0.29) is 6.42 Å². The van der Waals surface area contributed by atoms with Crippen molar-refractivity contribution < 1.29 is 14.6 Å². The number of aliphatic carboxylic acids is 1. The first-order chi connectivity index (χ1) is 11.6. The predicted molar refractivity (Wildman–Crippen MR) is 91.5 cm³/mol. The second-order valence-corrected chi connectivity index (χ2v) is 6.90. The van der Waals surface area contributed by atoms with Crippen LogP contribution in [0.3, 0.4) is 0 Å². The van der Waals surface area contributed by atoms with E-state index in [4.69, 9.17) is 9.84 Å². The van der Waals surface area contributed by atoms with Gasteiger partial charge < -0.3 is 9.84 Å². The van der Waals surface area contributed by atoms with E-state index in [0.717, 1.165) is 37.5 Å². The van der Waals surface area contributed by atoms with E-state index in [1.807, 2.05) is 17.6 Å². The molecule has 0 atom stereocenters. The van der Waals surface area contributed by atoms with Crippen LogP contribution in [0.25, 0.3) is 0 Å². The first kappa shape index (κ1) is 16.9. The molecule has 0 radical (unpaired) electrons. The lowest BCUT2D eigenvalue weighted by atomic mass is 9.97. The van der Waals surface area contributed by atoms with Crippen molar-refractivity contribution in [2.24, 2.45) is 0 Å². The van der Waals surface area contributed by atoms with Crippen LogP contribution in [0.1, 0.15) is 35.0 Å². The van der Waals surface area contributed by atoms with Crippen molar-refractivity contribution in [3.05, 3.63) is 40.0 Å². The summed E-state index contributed by atoms with van der Waals surface area (Å²) in [6.07, 6.45) is 4.00. The fraction of sp³-hybridized carbons (Fsp3) is 0.471. The number of carboxylic acid groups (broad SMARTS) is 1. The molecule has 0 unspecified atom stereocenters. The minimum Gasteiger partial charge on any atom is -0.481 e. The molecule has 0 amide bonds. The van der Waals surface area contributed by atoms with Crippen molar-refractivity contribution in [3.8, 4) is 5.88 Å². The van der Waals surface area contributed by atoms with Gasteiger partial charge in [0.15, 0.2) is 0 Å². The standard InChI is InChI=1S/C17H21N3O3S/c1-23-15-3-2-12(9-18-15)10-20-6-4-13(5-7-20)17-19-14(11-24-17)8-16(21)22/h2-3,9,11,13H,4-8,10H2,1H3,(H,21,22). The Balaban J connectivity index is 1.51. The second kappa shape index (κ2) is 7.72. The van der Waals surface area contributed by atoms with Gasteiger partial charge in [-0.2, -0.15) is 0 Å². The third-order valence-electron chi connectivity index (χ3n) is 4.25.